The molecular weight excluding hydrogens is 330 g/mol. The van der Waals surface area contributed by atoms with Crippen molar-refractivity contribution in [2.45, 2.75) is 46.1 Å². The summed E-state index contributed by atoms with van der Waals surface area (Å²) in [7, 11) is 1.86. The van der Waals surface area contributed by atoms with Gasteiger partial charge in [-0.25, -0.2) is 0 Å². The van der Waals surface area contributed by atoms with Crippen LogP contribution in [0.25, 0.3) is 0 Å². The second kappa shape index (κ2) is 9.57. The fourth-order valence-electron chi connectivity index (χ4n) is 3.13. The Balaban J connectivity index is 1.97. The molecule has 0 aromatic heterocycles. The molecule has 144 valence electrons. The first kappa shape index (κ1) is 20.2. The highest BCUT2D eigenvalue weighted by molar-refractivity contribution is 5.95. The molecule has 1 aliphatic rings. The van der Waals surface area contributed by atoms with Crippen LogP contribution in [0.1, 0.15) is 47.7 Å². The van der Waals surface area contributed by atoms with Gasteiger partial charge >= 0.3 is 0 Å². The zero-order chi connectivity index (χ0) is 19.1. The van der Waals surface area contributed by atoms with Gasteiger partial charge in [-0.05, 0) is 70.3 Å². The Kier molecular flexibility index (Phi) is 7.45. The molecule has 2 rings (SSSR count). The smallest absolute Gasteiger partial charge is 0.260 e. The summed E-state index contributed by atoms with van der Waals surface area (Å²) in [6, 6.07) is 3.84. The van der Waals surface area contributed by atoms with Crippen molar-refractivity contribution < 1.29 is 14.3 Å². The van der Waals surface area contributed by atoms with Crippen molar-refractivity contribution in [3.8, 4) is 5.75 Å². The predicted molar refractivity (Wildman–Crippen MR) is 103 cm³/mol. The summed E-state index contributed by atoms with van der Waals surface area (Å²) in [6.07, 6.45) is 3.33. The summed E-state index contributed by atoms with van der Waals surface area (Å²) >= 11 is 0. The summed E-state index contributed by atoms with van der Waals surface area (Å²) in [4.78, 5) is 26.5. The Hall–Kier alpha value is -2.08. The quantitative estimate of drug-likeness (QED) is 0.780. The first-order valence-electron chi connectivity index (χ1n) is 9.39. The van der Waals surface area contributed by atoms with Crippen LogP contribution in [0.15, 0.2) is 12.1 Å². The van der Waals surface area contributed by atoms with Gasteiger partial charge in [0.25, 0.3) is 11.8 Å². The second-order valence-corrected chi connectivity index (χ2v) is 7.07. The maximum Gasteiger partial charge on any atom is 0.260 e. The number of aryl methyl sites for hydroxylation is 2. The van der Waals surface area contributed by atoms with Crippen LogP contribution in [0.5, 0.6) is 5.75 Å². The van der Waals surface area contributed by atoms with Gasteiger partial charge in [-0.15, -0.1) is 0 Å². The van der Waals surface area contributed by atoms with Crippen LogP contribution >= 0.6 is 0 Å². The predicted octanol–water partition coefficient (Wildman–Crippen LogP) is 2.03. The molecule has 1 fully saturated rings. The molecule has 26 heavy (non-hydrogen) atoms. The molecule has 2 amide bonds. The summed E-state index contributed by atoms with van der Waals surface area (Å²) in [6.45, 7) is 8.08. The molecule has 0 aliphatic carbocycles. The van der Waals surface area contributed by atoms with Crippen molar-refractivity contribution in [3.63, 3.8) is 0 Å². The highest BCUT2D eigenvalue weighted by Crippen LogP contribution is 2.25. The van der Waals surface area contributed by atoms with Gasteiger partial charge in [-0.2, -0.15) is 0 Å². The number of rotatable bonds is 7. The number of hydrogen-bond acceptors (Lipinski definition) is 4. The Morgan fingerprint density at radius 1 is 1.15 bits per heavy atom. The standard InChI is InChI=1S/C20H31N3O3/c1-14-10-17(20(25)22-12-16(3)21-4)11-15(2)19(14)26-13-18(24)23-8-6-5-7-9-23/h10-11,16,21H,5-9,12-13H2,1-4H3,(H,22,25). The molecule has 0 radical (unpaired) electrons. The Morgan fingerprint density at radius 2 is 1.77 bits per heavy atom. The molecule has 1 aromatic carbocycles. The van der Waals surface area contributed by atoms with Crippen molar-refractivity contribution in [2.75, 3.05) is 33.3 Å². The summed E-state index contributed by atoms with van der Waals surface area (Å²) in [5, 5.41) is 6.00. The molecule has 2 N–H and O–H groups in total. The van der Waals surface area contributed by atoms with Crippen LogP contribution in [0.3, 0.4) is 0 Å². The summed E-state index contributed by atoms with van der Waals surface area (Å²) < 4.78 is 5.80. The zero-order valence-electron chi connectivity index (χ0n) is 16.4. The lowest BCUT2D eigenvalue weighted by Gasteiger charge is -2.26. The number of piperidine rings is 1. The average molecular weight is 361 g/mol. The zero-order valence-corrected chi connectivity index (χ0v) is 16.4. The Morgan fingerprint density at radius 3 is 2.35 bits per heavy atom. The highest BCUT2D eigenvalue weighted by atomic mass is 16.5. The van der Waals surface area contributed by atoms with Gasteiger partial charge in [-0.1, -0.05) is 0 Å². The van der Waals surface area contributed by atoms with E-state index in [9.17, 15) is 9.59 Å². The van der Waals surface area contributed by atoms with E-state index < -0.39 is 0 Å². The van der Waals surface area contributed by atoms with E-state index in [1.165, 1.54) is 6.42 Å². The fraction of sp³-hybridized carbons (Fsp3) is 0.600. The van der Waals surface area contributed by atoms with E-state index in [2.05, 4.69) is 10.6 Å². The fourth-order valence-corrected chi connectivity index (χ4v) is 3.13. The normalized spacial score (nSPS) is 15.5. The molecule has 1 atom stereocenters. The summed E-state index contributed by atoms with van der Waals surface area (Å²) in [5.74, 6) is 0.621. The number of carbonyl (C=O) groups is 2. The number of likely N-dealkylation sites (tertiary alicyclic amines) is 1. The van der Waals surface area contributed by atoms with E-state index in [0.29, 0.717) is 17.9 Å². The molecule has 0 bridgehead atoms. The van der Waals surface area contributed by atoms with Gasteiger partial charge in [0.1, 0.15) is 5.75 Å². The van der Waals surface area contributed by atoms with Crippen LogP contribution in [0, 0.1) is 13.8 Å². The summed E-state index contributed by atoms with van der Waals surface area (Å²) in [5.41, 5.74) is 2.34. The minimum atomic E-state index is -0.103. The molecule has 0 saturated carbocycles. The van der Waals surface area contributed by atoms with Crippen LogP contribution in [-0.2, 0) is 4.79 Å². The number of benzene rings is 1. The molecule has 1 aromatic rings. The number of amides is 2. The van der Waals surface area contributed by atoms with Crippen LogP contribution in [-0.4, -0.2) is 56.0 Å². The molecule has 0 spiro atoms. The number of nitrogens with one attached hydrogen (secondary N) is 2. The van der Waals surface area contributed by atoms with Gasteiger partial charge in [0.15, 0.2) is 6.61 Å². The molecule has 1 aliphatic heterocycles. The van der Waals surface area contributed by atoms with Crippen molar-refractivity contribution in [1.82, 2.24) is 15.5 Å². The monoisotopic (exact) mass is 361 g/mol. The first-order valence-corrected chi connectivity index (χ1v) is 9.39. The molecule has 6 heteroatoms. The highest BCUT2D eigenvalue weighted by Gasteiger charge is 2.18. The second-order valence-electron chi connectivity index (χ2n) is 7.07. The third-order valence-electron chi connectivity index (χ3n) is 4.83. The molecule has 6 nitrogen and oxygen atoms in total. The lowest BCUT2D eigenvalue weighted by Crippen LogP contribution is -2.38. The number of likely N-dealkylation sites (N-methyl/N-ethyl adjacent to an activating group) is 1. The maximum absolute atomic E-state index is 12.3. The van der Waals surface area contributed by atoms with Crippen LogP contribution in [0.4, 0.5) is 0 Å². The van der Waals surface area contributed by atoms with Gasteiger partial charge < -0.3 is 20.3 Å². The van der Waals surface area contributed by atoms with E-state index in [4.69, 9.17) is 4.74 Å². The van der Waals surface area contributed by atoms with E-state index in [1.807, 2.05) is 44.9 Å². The average Bonchev–Trinajstić information content (AvgIpc) is 2.65. The first-order chi connectivity index (χ1) is 12.4. The molecular formula is C20H31N3O3. The molecule has 1 saturated heterocycles. The Bertz CT molecular complexity index is 616. The van der Waals surface area contributed by atoms with Gasteiger partial charge in [0.05, 0.1) is 0 Å². The number of nitrogens with zero attached hydrogens (tertiary/aromatic N) is 1. The van der Waals surface area contributed by atoms with Crippen LogP contribution in [0.2, 0.25) is 0 Å². The SMILES string of the molecule is CNC(C)CNC(=O)c1cc(C)c(OCC(=O)N2CCCCC2)c(C)c1. The lowest BCUT2D eigenvalue weighted by atomic mass is 10.0. The van der Waals surface area contributed by atoms with E-state index in [0.717, 1.165) is 37.1 Å². The van der Waals surface area contributed by atoms with E-state index in [-0.39, 0.29) is 24.5 Å². The van der Waals surface area contributed by atoms with E-state index in [1.54, 1.807) is 0 Å². The number of ether oxygens (including phenoxy) is 1. The van der Waals surface area contributed by atoms with Crippen LogP contribution < -0.4 is 15.4 Å². The van der Waals surface area contributed by atoms with Crippen molar-refractivity contribution in [1.29, 1.82) is 0 Å². The maximum atomic E-state index is 12.3. The van der Waals surface area contributed by atoms with Crippen molar-refractivity contribution in [2.24, 2.45) is 0 Å². The Labute approximate surface area is 156 Å². The van der Waals surface area contributed by atoms with E-state index >= 15 is 0 Å². The van der Waals surface area contributed by atoms with Crippen molar-refractivity contribution in [3.05, 3.63) is 28.8 Å². The lowest BCUT2D eigenvalue weighted by molar-refractivity contribution is -0.134. The van der Waals surface area contributed by atoms with Gasteiger partial charge in [0, 0.05) is 31.2 Å². The van der Waals surface area contributed by atoms with Gasteiger partial charge in [-0.3, -0.25) is 9.59 Å². The third-order valence-corrected chi connectivity index (χ3v) is 4.83. The topological polar surface area (TPSA) is 70.7 Å². The minimum Gasteiger partial charge on any atom is -0.483 e. The van der Waals surface area contributed by atoms with Gasteiger partial charge in [0.2, 0.25) is 0 Å². The third kappa shape index (κ3) is 5.46. The van der Waals surface area contributed by atoms with Crippen molar-refractivity contribution >= 4 is 11.8 Å². The largest absolute Gasteiger partial charge is 0.483 e. The molecule has 1 unspecified atom stereocenters. The number of carbonyl (C=O) groups excluding carboxylic acids is 2. The molecule has 1 heterocycles. The number of hydrogen-bond donors (Lipinski definition) is 2. The minimum absolute atomic E-state index is 0.0337.